The van der Waals surface area contributed by atoms with Crippen LogP contribution in [0.5, 0.6) is 5.75 Å². The maximum absolute atomic E-state index is 13.8. The Hall–Kier alpha value is -2.81. The van der Waals surface area contributed by atoms with Crippen LogP contribution in [0.3, 0.4) is 0 Å². The number of anilines is 1. The second kappa shape index (κ2) is 10.4. The van der Waals surface area contributed by atoms with E-state index < -0.39 is 0 Å². The van der Waals surface area contributed by atoms with Crippen LogP contribution in [0.1, 0.15) is 30.2 Å². The van der Waals surface area contributed by atoms with Crippen LogP contribution in [0.25, 0.3) is 15.9 Å². The number of amides is 1. The number of aryl methyl sites for hydroxylation is 2. The number of hydrogen-bond acceptors (Lipinski definition) is 6. The smallest absolute Gasteiger partial charge is 0.267 e. The quantitative estimate of drug-likeness (QED) is 0.233. The number of hydrogen-bond donors (Lipinski definition) is 1. The molecule has 1 N–H and O–H groups in total. The van der Waals surface area contributed by atoms with Crippen molar-refractivity contribution in [2.45, 2.75) is 37.8 Å². The number of benzene rings is 2. The largest absolute Gasteiger partial charge is 0.492 e. The zero-order valence-corrected chi connectivity index (χ0v) is 21.6. The molecular formula is C26H24ClN3O3S2. The van der Waals surface area contributed by atoms with E-state index in [1.54, 1.807) is 46.2 Å². The third-order valence-corrected chi connectivity index (χ3v) is 8.21. The molecule has 0 bridgehead atoms. The highest BCUT2D eigenvalue weighted by Crippen LogP contribution is 2.35. The Labute approximate surface area is 216 Å². The van der Waals surface area contributed by atoms with Gasteiger partial charge in [0.25, 0.3) is 5.56 Å². The normalized spacial score (nSPS) is 13.0. The molecule has 0 saturated carbocycles. The van der Waals surface area contributed by atoms with Gasteiger partial charge in [-0.25, -0.2) is 4.98 Å². The topological polar surface area (TPSA) is 73.2 Å². The lowest BCUT2D eigenvalue weighted by Gasteiger charge is -2.14. The van der Waals surface area contributed by atoms with Crippen molar-refractivity contribution in [1.82, 2.24) is 9.55 Å². The van der Waals surface area contributed by atoms with Gasteiger partial charge in [-0.15, -0.1) is 11.3 Å². The number of rotatable bonds is 7. The molecule has 2 heterocycles. The van der Waals surface area contributed by atoms with Gasteiger partial charge in [0.1, 0.15) is 10.6 Å². The van der Waals surface area contributed by atoms with E-state index in [2.05, 4.69) is 5.32 Å². The monoisotopic (exact) mass is 525 g/mol. The first-order valence-corrected chi connectivity index (χ1v) is 13.7. The van der Waals surface area contributed by atoms with Gasteiger partial charge in [-0.2, -0.15) is 0 Å². The fourth-order valence-electron chi connectivity index (χ4n) is 4.27. The minimum Gasteiger partial charge on any atom is -0.492 e. The summed E-state index contributed by atoms with van der Waals surface area (Å²) in [6.07, 6.45) is 4.11. The van der Waals surface area contributed by atoms with Gasteiger partial charge < -0.3 is 10.1 Å². The molecule has 9 heteroatoms. The number of aromatic nitrogens is 2. The Morgan fingerprint density at radius 2 is 1.94 bits per heavy atom. The molecule has 35 heavy (non-hydrogen) atoms. The maximum atomic E-state index is 13.8. The zero-order valence-electron chi connectivity index (χ0n) is 19.2. The predicted octanol–water partition coefficient (Wildman–Crippen LogP) is 6.11. The highest BCUT2D eigenvalue weighted by molar-refractivity contribution is 7.99. The Kier molecular flexibility index (Phi) is 7.13. The fraction of sp³-hybridized carbons (Fsp3) is 0.269. The van der Waals surface area contributed by atoms with Crippen LogP contribution in [-0.2, 0) is 17.6 Å². The predicted molar refractivity (Wildman–Crippen MR) is 144 cm³/mol. The third kappa shape index (κ3) is 4.96. The summed E-state index contributed by atoms with van der Waals surface area (Å²) in [6, 6.07) is 14.4. The van der Waals surface area contributed by atoms with Gasteiger partial charge in [0.15, 0.2) is 5.16 Å². The van der Waals surface area contributed by atoms with Crippen molar-refractivity contribution in [3.8, 4) is 11.4 Å². The molecule has 180 valence electrons. The molecule has 0 fully saturated rings. The number of halogens is 1. The maximum Gasteiger partial charge on any atom is 0.267 e. The van der Waals surface area contributed by atoms with Crippen molar-refractivity contribution in [2.24, 2.45) is 0 Å². The molecule has 2 aromatic heterocycles. The molecule has 0 atom stereocenters. The van der Waals surface area contributed by atoms with E-state index in [1.807, 2.05) is 25.1 Å². The van der Waals surface area contributed by atoms with E-state index in [-0.39, 0.29) is 17.2 Å². The average molecular weight is 526 g/mol. The van der Waals surface area contributed by atoms with Crippen molar-refractivity contribution in [1.29, 1.82) is 0 Å². The number of fused-ring (bicyclic) bond motifs is 3. The van der Waals surface area contributed by atoms with E-state index in [0.717, 1.165) is 36.1 Å². The number of ether oxygens (including phenoxy) is 1. The molecule has 6 nitrogen and oxygen atoms in total. The van der Waals surface area contributed by atoms with Gasteiger partial charge in [-0.05, 0) is 74.6 Å². The number of carbonyl (C=O) groups excluding carboxylic acids is 1. The molecule has 5 rings (SSSR count). The fourth-order valence-corrected chi connectivity index (χ4v) is 6.51. The zero-order chi connectivity index (χ0) is 24.4. The minimum atomic E-state index is -0.204. The number of thioether (sulfide) groups is 1. The highest BCUT2D eigenvalue weighted by Gasteiger charge is 2.23. The molecule has 1 aliphatic carbocycles. The van der Waals surface area contributed by atoms with Gasteiger partial charge in [0.2, 0.25) is 5.91 Å². The van der Waals surface area contributed by atoms with E-state index in [9.17, 15) is 9.59 Å². The van der Waals surface area contributed by atoms with Gasteiger partial charge in [-0.1, -0.05) is 35.5 Å². The van der Waals surface area contributed by atoms with Crippen LogP contribution in [0.2, 0.25) is 5.02 Å². The van der Waals surface area contributed by atoms with Crippen LogP contribution >= 0.6 is 34.7 Å². The molecular weight excluding hydrogens is 502 g/mol. The molecule has 0 saturated heterocycles. The lowest BCUT2D eigenvalue weighted by molar-refractivity contribution is -0.113. The van der Waals surface area contributed by atoms with Gasteiger partial charge in [-0.3, -0.25) is 14.2 Å². The molecule has 0 spiro atoms. The molecule has 1 aliphatic rings. The first kappa shape index (κ1) is 23.9. The number of nitrogens with zero attached hydrogens (tertiary/aromatic N) is 2. The summed E-state index contributed by atoms with van der Waals surface area (Å²) in [6.45, 7) is 2.40. The SMILES string of the molecule is CCOc1ccccc1NC(=O)CSc1nc2sc3c(c2c(=O)n1-c1ccc(Cl)cc1)CCCC3. The van der Waals surface area contributed by atoms with Crippen molar-refractivity contribution in [3.63, 3.8) is 0 Å². The minimum absolute atomic E-state index is 0.0943. The first-order chi connectivity index (χ1) is 17.0. The van der Waals surface area contributed by atoms with Crippen molar-refractivity contribution < 1.29 is 9.53 Å². The first-order valence-electron chi connectivity index (χ1n) is 11.5. The Morgan fingerprint density at radius 1 is 1.17 bits per heavy atom. The number of nitrogens with one attached hydrogen (secondary N) is 1. The summed E-state index contributed by atoms with van der Waals surface area (Å²) >= 11 is 8.94. The molecule has 0 aliphatic heterocycles. The summed E-state index contributed by atoms with van der Waals surface area (Å²) < 4.78 is 7.21. The van der Waals surface area contributed by atoms with Crippen LogP contribution in [0.15, 0.2) is 58.5 Å². The van der Waals surface area contributed by atoms with Gasteiger partial charge in [0.05, 0.1) is 29.1 Å². The second-order valence-electron chi connectivity index (χ2n) is 8.17. The van der Waals surface area contributed by atoms with Crippen LogP contribution in [0, 0.1) is 0 Å². The Bertz CT molecular complexity index is 1450. The summed E-state index contributed by atoms with van der Waals surface area (Å²) in [7, 11) is 0. The second-order valence-corrected chi connectivity index (χ2v) is 10.6. The van der Waals surface area contributed by atoms with E-state index >= 15 is 0 Å². The van der Waals surface area contributed by atoms with Gasteiger partial charge in [0, 0.05) is 9.90 Å². The standard InChI is InChI=1S/C26H24ClN3O3S2/c1-2-33-20-9-5-4-8-19(20)28-22(31)15-34-26-29-24-23(18-7-3-6-10-21(18)35-24)25(32)30(26)17-13-11-16(27)12-14-17/h4-5,8-9,11-14H,2-3,6-7,10,15H2,1H3,(H,28,31). The summed E-state index contributed by atoms with van der Waals surface area (Å²) in [4.78, 5) is 33.5. The van der Waals surface area contributed by atoms with Crippen molar-refractivity contribution in [2.75, 3.05) is 17.7 Å². The molecule has 0 radical (unpaired) electrons. The number of carbonyl (C=O) groups is 1. The summed E-state index contributed by atoms with van der Waals surface area (Å²) in [5.74, 6) is 0.511. The number of para-hydroxylation sites is 2. The molecule has 2 aromatic carbocycles. The Morgan fingerprint density at radius 3 is 2.74 bits per heavy atom. The highest BCUT2D eigenvalue weighted by atomic mass is 35.5. The van der Waals surface area contributed by atoms with Crippen molar-refractivity contribution in [3.05, 3.63) is 74.3 Å². The third-order valence-electron chi connectivity index (χ3n) is 5.84. The molecule has 0 unspecified atom stereocenters. The summed E-state index contributed by atoms with van der Waals surface area (Å²) in [5, 5.41) is 4.69. The number of thiophene rings is 1. The van der Waals surface area contributed by atoms with Crippen LogP contribution in [-0.4, -0.2) is 27.8 Å². The average Bonchev–Trinajstić information content (AvgIpc) is 3.24. The van der Waals surface area contributed by atoms with Crippen LogP contribution in [0.4, 0.5) is 5.69 Å². The lowest BCUT2D eigenvalue weighted by Crippen LogP contribution is -2.23. The lowest BCUT2D eigenvalue weighted by atomic mass is 9.97. The summed E-state index contributed by atoms with van der Waals surface area (Å²) in [5.41, 5.74) is 2.33. The van der Waals surface area contributed by atoms with Crippen molar-refractivity contribution >= 4 is 56.5 Å². The van der Waals surface area contributed by atoms with E-state index in [1.165, 1.54) is 16.6 Å². The van der Waals surface area contributed by atoms with E-state index in [0.29, 0.717) is 39.3 Å². The van der Waals surface area contributed by atoms with Crippen LogP contribution < -0.4 is 15.6 Å². The molecule has 1 amide bonds. The van der Waals surface area contributed by atoms with E-state index in [4.69, 9.17) is 21.3 Å². The molecule has 4 aromatic rings. The Balaban J connectivity index is 1.49. The van der Waals surface area contributed by atoms with Gasteiger partial charge >= 0.3 is 0 Å².